The van der Waals surface area contributed by atoms with Crippen LogP contribution in [0.25, 0.3) is 32.1 Å². The Bertz CT molecular complexity index is 1570. The first kappa shape index (κ1) is 24.2. The summed E-state index contributed by atoms with van der Waals surface area (Å²) in [4.78, 5) is 17.5. The molecule has 10 heteroatoms. The maximum Gasteiger partial charge on any atom is 0.293 e. The second-order valence-electron chi connectivity index (χ2n) is 7.38. The van der Waals surface area contributed by atoms with Gasteiger partial charge in [-0.25, -0.2) is 4.98 Å². The van der Waals surface area contributed by atoms with Gasteiger partial charge >= 0.3 is 0 Å². The Balaban J connectivity index is 1.33. The normalized spacial score (nSPS) is 10.9. The number of nitrogens with one attached hydrogen (secondary N) is 2. The van der Waals surface area contributed by atoms with Crippen molar-refractivity contribution in [2.45, 2.75) is 0 Å². The monoisotopic (exact) mass is 649 g/mol. The Kier molecular flexibility index (Phi) is 7.08. The van der Waals surface area contributed by atoms with E-state index in [-0.39, 0.29) is 10.9 Å². The molecule has 0 radical (unpaired) electrons. The molecule has 1 amide bonds. The number of nitrogens with zero attached hydrogens (tertiary/aromatic N) is 1. The van der Waals surface area contributed by atoms with Gasteiger partial charge in [-0.3, -0.25) is 10.1 Å². The standard InChI is InChI=1S/C25H14Cl2IN3O2S2/c26-16-7-5-13(11-17(16)27)20-9-10-21(33-20)23(32)31-25(34)30-18-8-6-14(28)12-15(18)24-29-19-3-1-2-4-22(19)35-24/h1-12H,(H2,30,31,32,34). The van der Waals surface area contributed by atoms with Crippen LogP contribution in [0.2, 0.25) is 10.0 Å². The predicted octanol–water partition coefficient (Wildman–Crippen LogP) is 8.26. The number of fused-ring (bicyclic) bond motifs is 1. The van der Waals surface area contributed by atoms with E-state index in [1.165, 1.54) is 0 Å². The zero-order valence-electron chi connectivity index (χ0n) is 17.6. The second kappa shape index (κ2) is 10.2. The van der Waals surface area contributed by atoms with Crippen molar-refractivity contribution in [2.24, 2.45) is 0 Å². The van der Waals surface area contributed by atoms with Gasteiger partial charge in [-0.15, -0.1) is 11.3 Å². The van der Waals surface area contributed by atoms with Gasteiger partial charge in [0.25, 0.3) is 5.91 Å². The first-order valence-corrected chi connectivity index (χ1v) is 13.3. The molecule has 0 saturated carbocycles. The molecule has 2 heterocycles. The van der Waals surface area contributed by atoms with Crippen LogP contribution in [0.1, 0.15) is 10.6 Å². The fourth-order valence-electron chi connectivity index (χ4n) is 3.37. The van der Waals surface area contributed by atoms with Crippen molar-refractivity contribution in [3.8, 4) is 21.9 Å². The van der Waals surface area contributed by atoms with Crippen molar-refractivity contribution in [2.75, 3.05) is 5.32 Å². The van der Waals surface area contributed by atoms with Gasteiger partial charge in [0.15, 0.2) is 10.9 Å². The summed E-state index contributed by atoms with van der Waals surface area (Å²) in [6.07, 6.45) is 0. The number of carbonyl (C=O) groups is 1. The van der Waals surface area contributed by atoms with Crippen LogP contribution in [0.3, 0.4) is 0 Å². The molecule has 0 aliphatic heterocycles. The number of thiazole rings is 1. The van der Waals surface area contributed by atoms with E-state index in [9.17, 15) is 4.79 Å². The minimum absolute atomic E-state index is 0.115. The number of thiocarbonyl (C=S) groups is 1. The summed E-state index contributed by atoms with van der Waals surface area (Å²) < 4.78 is 7.86. The molecule has 5 nitrogen and oxygen atoms in total. The Hall–Kier alpha value is -2.50. The van der Waals surface area contributed by atoms with Gasteiger partial charge in [0.2, 0.25) is 0 Å². The quantitative estimate of drug-likeness (QED) is 0.152. The van der Waals surface area contributed by atoms with Crippen molar-refractivity contribution >= 4 is 96.3 Å². The number of para-hydroxylation sites is 1. The Morgan fingerprint density at radius 3 is 2.63 bits per heavy atom. The topological polar surface area (TPSA) is 67.2 Å². The molecule has 35 heavy (non-hydrogen) atoms. The van der Waals surface area contributed by atoms with E-state index in [1.54, 1.807) is 41.7 Å². The van der Waals surface area contributed by atoms with Crippen molar-refractivity contribution in [1.82, 2.24) is 10.3 Å². The summed E-state index contributed by atoms with van der Waals surface area (Å²) in [5.41, 5.74) is 3.28. The largest absolute Gasteiger partial charge is 0.451 e. The maximum atomic E-state index is 12.7. The number of rotatable bonds is 4. The van der Waals surface area contributed by atoms with Crippen molar-refractivity contribution in [3.63, 3.8) is 0 Å². The number of aromatic nitrogens is 1. The first-order chi connectivity index (χ1) is 16.9. The molecule has 3 aromatic carbocycles. The lowest BCUT2D eigenvalue weighted by Gasteiger charge is -2.12. The van der Waals surface area contributed by atoms with Crippen LogP contribution in [0.5, 0.6) is 0 Å². The van der Waals surface area contributed by atoms with E-state index >= 15 is 0 Å². The highest BCUT2D eigenvalue weighted by Gasteiger charge is 2.17. The summed E-state index contributed by atoms with van der Waals surface area (Å²) in [6.45, 7) is 0. The maximum absolute atomic E-state index is 12.7. The van der Waals surface area contributed by atoms with Crippen LogP contribution in [-0.4, -0.2) is 16.0 Å². The lowest BCUT2D eigenvalue weighted by Crippen LogP contribution is -2.34. The third-order valence-corrected chi connectivity index (χ3v) is 7.70. The van der Waals surface area contributed by atoms with Gasteiger partial charge in [-0.2, -0.15) is 0 Å². The molecule has 0 aliphatic rings. The Morgan fingerprint density at radius 1 is 1.00 bits per heavy atom. The number of benzene rings is 3. The highest BCUT2D eigenvalue weighted by Crippen LogP contribution is 2.35. The lowest BCUT2D eigenvalue weighted by molar-refractivity contribution is 0.0951. The SMILES string of the molecule is O=C(NC(=S)Nc1ccc(I)cc1-c1nc2ccccc2s1)c1ccc(-c2ccc(Cl)c(Cl)c2)o1. The van der Waals surface area contributed by atoms with Gasteiger partial charge < -0.3 is 9.73 Å². The molecule has 5 rings (SSSR count). The fraction of sp³-hybridized carbons (Fsp3) is 0. The van der Waals surface area contributed by atoms with E-state index in [1.807, 2.05) is 42.5 Å². The van der Waals surface area contributed by atoms with Crippen LogP contribution >= 0.6 is 69.3 Å². The molecule has 0 atom stereocenters. The molecule has 0 spiro atoms. The molecule has 0 bridgehead atoms. The molecule has 174 valence electrons. The molecular formula is C25H14Cl2IN3O2S2. The lowest BCUT2D eigenvalue weighted by atomic mass is 10.2. The molecule has 0 unspecified atom stereocenters. The number of hydrogen-bond donors (Lipinski definition) is 2. The fourth-order valence-corrected chi connectivity index (χ4v) is 5.36. The zero-order valence-corrected chi connectivity index (χ0v) is 22.9. The van der Waals surface area contributed by atoms with Crippen LogP contribution in [0, 0.1) is 3.57 Å². The number of hydrogen-bond acceptors (Lipinski definition) is 5. The van der Waals surface area contributed by atoms with Gasteiger partial charge in [-0.1, -0.05) is 35.3 Å². The average molecular weight is 650 g/mol. The van der Waals surface area contributed by atoms with E-state index in [2.05, 4.69) is 33.2 Å². The summed E-state index contributed by atoms with van der Waals surface area (Å²) in [5.74, 6) is 0.133. The van der Waals surface area contributed by atoms with Crippen molar-refractivity contribution in [3.05, 3.63) is 92.2 Å². The van der Waals surface area contributed by atoms with Crippen molar-refractivity contribution < 1.29 is 9.21 Å². The number of anilines is 1. The molecule has 2 aromatic heterocycles. The van der Waals surface area contributed by atoms with Crippen LogP contribution < -0.4 is 10.6 Å². The number of amides is 1. The highest BCUT2D eigenvalue weighted by molar-refractivity contribution is 14.1. The summed E-state index contributed by atoms with van der Waals surface area (Å²) in [7, 11) is 0. The molecule has 0 saturated heterocycles. The van der Waals surface area contributed by atoms with Crippen molar-refractivity contribution in [1.29, 1.82) is 0 Å². The predicted molar refractivity (Wildman–Crippen MR) is 156 cm³/mol. The van der Waals surface area contributed by atoms with E-state index in [4.69, 9.17) is 44.8 Å². The third kappa shape index (κ3) is 5.36. The first-order valence-electron chi connectivity index (χ1n) is 10.2. The summed E-state index contributed by atoms with van der Waals surface area (Å²) in [5, 5.41) is 7.64. The van der Waals surface area contributed by atoms with Gasteiger partial charge in [-0.05, 0) is 95.5 Å². The minimum atomic E-state index is -0.471. The zero-order chi connectivity index (χ0) is 24.5. The number of furan rings is 1. The Morgan fingerprint density at radius 2 is 1.83 bits per heavy atom. The van der Waals surface area contributed by atoms with Gasteiger partial charge in [0.1, 0.15) is 10.8 Å². The van der Waals surface area contributed by atoms with Crippen LogP contribution in [0.4, 0.5) is 5.69 Å². The minimum Gasteiger partial charge on any atom is -0.451 e. The molecule has 0 aliphatic carbocycles. The van der Waals surface area contributed by atoms with Gasteiger partial charge in [0, 0.05) is 14.7 Å². The van der Waals surface area contributed by atoms with Gasteiger partial charge in [0.05, 0.1) is 25.9 Å². The number of halogens is 3. The van der Waals surface area contributed by atoms with E-state index in [0.29, 0.717) is 21.4 Å². The van der Waals surface area contributed by atoms with Crippen LogP contribution in [0.15, 0.2) is 77.2 Å². The third-order valence-electron chi connectivity index (χ3n) is 5.02. The molecular weight excluding hydrogens is 636 g/mol. The Labute approximate surface area is 233 Å². The average Bonchev–Trinajstić information content (AvgIpc) is 3.49. The summed E-state index contributed by atoms with van der Waals surface area (Å²) in [6, 6.07) is 22.3. The highest BCUT2D eigenvalue weighted by atomic mass is 127. The van der Waals surface area contributed by atoms with E-state index in [0.717, 1.165) is 30.0 Å². The van der Waals surface area contributed by atoms with E-state index < -0.39 is 5.91 Å². The molecule has 0 fully saturated rings. The van der Waals surface area contributed by atoms with Crippen LogP contribution in [-0.2, 0) is 0 Å². The molecule has 2 N–H and O–H groups in total. The smallest absolute Gasteiger partial charge is 0.293 e. The second-order valence-corrected chi connectivity index (χ2v) is 10.9. The molecule has 5 aromatic rings. The number of carbonyl (C=O) groups excluding carboxylic acids is 1. The summed E-state index contributed by atoms with van der Waals surface area (Å²) >= 11 is 21.3.